The van der Waals surface area contributed by atoms with Crippen LogP contribution < -0.4 is 20.6 Å². The van der Waals surface area contributed by atoms with Crippen molar-refractivity contribution >= 4 is 10.2 Å². The fraction of sp³-hybridized carbons (Fsp3) is 0.778. The van der Waals surface area contributed by atoms with Crippen LogP contribution in [0.15, 0.2) is 15.9 Å². The maximum atomic E-state index is 12.2. The maximum Gasteiger partial charge on any atom is 0.286 e. The third kappa shape index (κ3) is 2.96. The van der Waals surface area contributed by atoms with Gasteiger partial charge in [0.2, 0.25) is 0 Å². The monoisotopic (exact) mass is 319 g/mol. The van der Waals surface area contributed by atoms with Gasteiger partial charge < -0.3 is 4.52 Å². The molecule has 1 aliphatic heterocycles. The summed E-state index contributed by atoms with van der Waals surface area (Å²) in [7, 11) is -2.13. The van der Waals surface area contributed by atoms with Gasteiger partial charge in [0.1, 0.15) is 0 Å². The molecular formula is C9H17N7O4S. The Kier molecular flexibility index (Phi) is 4.39. The van der Waals surface area contributed by atoms with E-state index in [-0.39, 0.29) is 25.2 Å². The van der Waals surface area contributed by atoms with Gasteiger partial charge >= 0.3 is 0 Å². The highest BCUT2D eigenvalue weighted by Gasteiger charge is 2.36. The lowest BCUT2D eigenvalue weighted by atomic mass is 10.3. The van der Waals surface area contributed by atoms with E-state index in [1.807, 2.05) is 0 Å². The van der Waals surface area contributed by atoms with Crippen molar-refractivity contribution in [2.45, 2.75) is 13.1 Å². The molecule has 2 rings (SSSR count). The van der Waals surface area contributed by atoms with Crippen molar-refractivity contribution in [1.82, 2.24) is 13.9 Å². The molecule has 12 heteroatoms. The first-order chi connectivity index (χ1) is 9.90. The van der Waals surface area contributed by atoms with E-state index in [0.717, 1.165) is 0 Å². The molecule has 0 spiro atoms. The summed E-state index contributed by atoms with van der Waals surface area (Å²) in [5, 5.41) is 15.3. The maximum absolute atomic E-state index is 12.2. The van der Waals surface area contributed by atoms with Crippen LogP contribution in [-0.4, -0.2) is 56.4 Å². The molecule has 1 atom stereocenters. The van der Waals surface area contributed by atoms with Gasteiger partial charge in [0.05, 0.1) is 0 Å². The van der Waals surface area contributed by atoms with Crippen molar-refractivity contribution in [3.8, 4) is 0 Å². The minimum atomic E-state index is -3.60. The first-order valence-corrected chi connectivity index (χ1v) is 7.71. The molecule has 2 heterocycles. The van der Waals surface area contributed by atoms with E-state index in [9.17, 15) is 13.3 Å². The Bertz CT molecular complexity index is 653. The van der Waals surface area contributed by atoms with E-state index in [4.69, 9.17) is 5.41 Å². The average Bonchev–Trinajstić information content (AvgIpc) is 2.91. The van der Waals surface area contributed by atoms with Gasteiger partial charge in [-0.3, -0.25) is 5.41 Å². The summed E-state index contributed by atoms with van der Waals surface area (Å²) in [5.41, 5.74) is -0.166. The number of hydrogen-bond donors (Lipinski definition) is 1. The van der Waals surface area contributed by atoms with E-state index in [2.05, 4.69) is 15.0 Å². The molecule has 1 saturated heterocycles. The van der Waals surface area contributed by atoms with Gasteiger partial charge in [-0.15, -0.1) is 0 Å². The third-order valence-corrected chi connectivity index (χ3v) is 5.33. The molecule has 0 aromatic carbocycles. The number of nitrogens with zero attached hydrogens (tertiary/aromatic N) is 6. The van der Waals surface area contributed by atoms with Crippen LogP contribution in [0.3, 0.4) is 0 Å². The second-order valence-corrected chi connectivity index (χ2v) is 6.55. The number of nitrogens with one attached hydrogen (secondary N) is 1. The van der Waals surface area contributed by atoms with E-state index >= 15 is 0 Å². The molecule has 0 bridgehead atoms. The Balaban J connectivity index is 2.19. The van der Waals surface area contributed by atoms with Crippen molar-refractivity contribution in [2.75, 3.05) is 38.2 Å². The van der Waals surface area contributed by atoms with Crippen LogP contribution >= 0.6 is 0 Å². The molecule has 0 saturated carbocycles. The lowest BCUT2D eigenvalue weighted by Gasteiger charge is -2.38. The van der Waals surface area contributed by atoms with E-state index in [1.54, 1.807) is 6.92 Å². The topological polar surface area (TPSA) is 128 Å². The molecule has 0 amide bonds. The van der Waals surface area contributed by atoms with Gasteiger partial charge in [0.25, 0.3) is 22.0 Å². The zero-order valence-electron chi connectivity index (χ0n) is 11.7. The summed E-state index contributed by atoms with van der Waals surface area (Å²) >= 11 is 0. The van der Waals surface area contributed by atoms with Crippen molar-refractivity contribution in [2.24, 2.45) is 5.18 Å². The van der Waals surface area contributed by atoms with Crippen molar-refractivity contribution < 1.29 is 17.7 Å². The SMILES string of the molecule is CCN(C)S(=O)(=O)N1CCN([n+]2cc(=N)o[n-]2)C(N=O)C1. The summed E-state index contributed by atoms with van der Waals surface area (Å²) in [5.74, 6) is 0. The van der Waals surface area contributed by atoms with Gasteiger partial charge in [0.15, 0.2) is 6.17 Å². The zero-order chi connectivity index (χ0) is 15.6. The van der Waals surface area contributed by atoms with Gasteiger partial charge in [-0.1, -0.05) is 16.9 Å². The number of aromatic nitrogens is 2. The van der Waals surface area contributed by atoms with Crippen LogP contribution in [0.5, 0.6) is 0 Å². The molecule has 1 aliphatic rings. The van der Waals surface area contributed by atoms with Crippen LogP contribution in [0.25, 0.3) is 0 Å². The minimum Gasteiger partial charge on any atom is -0.380 e. The van der Waals surface area contributed by atoms with Crippen LogP contribution in [0.4, 0.5) is 0 Å². The largest absolute Gasteiger partial charge is 0.380 e. The Labute approximate surface area is 121 Å². The number of nitroso groups, excluding NO2 is 1. The zero-order valence-corrected chi connectivity index (χ0v) is 12.5. The molecule has 0 aliphatic carbocycles. The molecule has 1 aromatic rings. The highest BCUT2D eigenvalue weighted by atomic mass is 32.2. The van der Waals surface area contributed by atoms with Crippen molar-refractivity contribution in [3.63, 3.8) is 0 Å². The summed E-state index contributed by atoms with van der Waals surface area (Å²) in [6.07, 6.45) is 0.342. The van der Waals surface area contributed by atoms with Gasteiger partial charge in [-0.2, -0.15) is 21.9 Å². The quantitative estimate of drug-likeness (QED) is 0.474. The second-order valence-electron chi connectivity index (χ2n) is 4.52. The average molecular weight is 319 g/mol. The Hall–Kier alpha value is -1.79. The lowest BCUT2D eigenvalue weighted by Crippen LogP contribution is -2.71. The number of hydrogen-bond acceptors (Lipinski definition) is 7. The molecule has 1 N–H and O–H groups in total. The van der Waals surface area contributed by atoms with Gasteiger partial charge in [0, 0.05) is 33.2 Å². The lowest BCUT2D eigenvalue weighted by molar-refractivity contribution is -0.767. The molecular weight excluding hydrogens is 302 g/mol. The van der Waals surface area contributed by atoms with Crippen LogP contribution in [0.2, 0.25) is 0 Å². The molecule has 1 aromatic heterocycles. The first kappa shape index (κ1) is 15.6. The van der Waals surface area contributed by atoms with E-state index in [0.29, 0.717) is 6.54 Å². The molecule has 0 radical (unpaired) electrons. The van der Waals surface area contributed by atoms with E-state index < -0.39 is 16.4 Å². The van der Waals surface area contributed by atoms with Crippen molar-refractivity contribution in [1.29, 1.82) is 5.41 Å². The molecule has 11 nitrogen and oxygen atoms in total. The smallest absolute Gasteiger partial charge is 0.286 e. The second kappa shape index (κ2) is 5.91. The third-order valence-electron chi connectivity index (χ3n) is 3.30. The van der Waals surface area contributed by atoms with Crippen LogP contribution in [0, 0.1) is 10.3 Å². The normalized spacial score (nSPS) is 20.9. The predicted molar refractivity (Wildman–Crippen MR) is 69.5 cm³/mol. The van der Waals surface area contributed by atoms with E-state index in [1.165, 1.54) is 31.7 Å². The Morgan fingerprint density at radius 2 is 2.33 bits per heavy atom. The summed E-state index contributed by atoms with van der Waals surface area (Å²) in [6.45, 7) is 2.38. The van der Waals surface area contributed by atoms with Gasteiger partial charge in [-0.25, -0.2) is 5.01 Å². The number of piperazine rings is 1. The van der Waals surface area contributed by atoms with Crippen LogP contribution in [0.1, 0.15) is 6.92 Å². The van der Waals surface area contributed by atoms with Crippen molar-refractivity contribution in [3.05, 3.63) is 16.7 Å². The predicted octanol–water partition coefficient (Wildman–Crippen LogP) is -2.45. The standard InChI is InChI=1S/C9H17N7O4S/c1-3-13(2)21(18,19)14-4-5-15(9(7-14)11-17)16-6-8(10)20-12-16/h6,9-10H,3-5,7H2,1-2H3. The van der Waals surface area contributed by atoms with Crippen LogP contribution in [-0.2, 0) is 10.2 Å². The van der Waals surface area contributed by atoms with Gasteiger partial charge in [-0.05, 0) is 5.27 Å². The Morgan fingerprint density at radius 3 is 2.86 bits per heavy atom. The number of rotatable bonds is 5. The Morgan fingerprint density at radius 1 is 1.62 bits per heavy atom. The molecule has 118 valence electrons. The minimum absolute atomic E-state index is 0.0800. The molecule has 21 heavy (non-hydrogen) atoms. The summed E-state index contributed by atoms with van der Waals surface area (Å²) in [6, 6.07) is 0. The summed E-state index contributed by atoms with van der Waals surface area (Å²) in [4.78, 5) is 12.2. The highest BCUT2D eigenvalue weighted by Crippen LogP contribution is 2.13. The molecule has 1 unspecified atom stereocenters. The first-order valence-electron chi connectivity index (χ1n) is 6.31. The fourth-order valence-corrected chi connectivity index (χ4v) is 3.34. The molecule has 1 fully saturated rings. The highest BCUT2D eigenvalue weighted by molar-refractivity contribution is 7.86. The fourth-order valence-electron chi connectivity index (χ4n) is 1.99. The summed E-state index contributed by atoms with van der Waals surface area (Å²) < 4.78 is 31.5.